The van der Waals surface area contributed by atoms with Crippen LogP contribution in [0.25, 0.3) is 11.2 Å². The van der Waals surface area contributed by atoms with Crippen molar-refractivity contribution in [2.45, 2.75) is 55.6 Å². The highest BCUT2D eigenvalue weighted by Crippen LogP contribution is 2.51. The van der Waals surface area contributed by atoms with Crippen LogP contribution < -0.4 is 10.5 Å². The van der Waals surface area contributed by atoms with Crippen LogP contribution in [0.5, 0.6) is 0 Å². The van der Waals surface area contributed by atoms with Crippen molar-refractivity contribution in [1.29, 1.82) is 0 Å². The van der Waals surface area contributed by atoms with Gasteiger partial charge in [0.2, 0.25) is 0 Å². The zero-order valence-corrected chi connectivity index (χ0v) is 24.5. The Morgan fingerprint density at radius 3 is 2.61 bits per heavy atom. The van der Waals surface area contributed by atoms with Crippen LogP contribution in [0, 0.1) is 0 Å². The largest absolute Gasteiger partial charge is 0.382 e. The lowest BCUT2D eigenvalue weighted by molar-refractivity contribution is -0.0460. The predicted octanol–water partition coefficient (Wildman–Crippen LogP) is -0.0833. The number of halogens is 2. The average Bonchev–Trinajstić information content (AvgIpc) is 3.73. The lowest BCUT2D eigenvalue weighted by atomic mass is 10.1. The first-order valence-electron chi connectivity index (χ1n) is 12.9. The molecule has 3 aromatic heterocycles. The first kappa shape index (κ1) is 29.8. The molecule has 0 aliphatic carbocycles. The number of nitrogens with zero attached hydrogens (tertiary/aromatic N) is 7. The molecule has 7 heterocycles. The van der Waals surface area contributed by atoms with Gasteiger partial charge in [-0.05, 0) is 11.8 Å². The summed E-state index contributed by atoms with van der Waals surface area (Å²) >= 11 is 5.11. The number of alkyl halides is 2. The summed E-state index contributed by atoms with van der Waals surface area (Å²) in [6.07, 6.45) is -8.76. The van der Waals surface area contributed by atoms with Crippen LogP contribution in [0.3, 0.4) is 0 Å². The van der Waals surface area contributed by atoms with Crippen LogP contribution in [0.2, 0.25) is 0 Å². The Kier molecular flexibility index (Phi) is 7.35. The van der Waals surface area contributed by atoms with Crippen molar-refractivity contribution in [1.82, 2.24) is 33.8 Å². The minimum atomic E-state index is -4.74. The van der Waals surface area contributed by atoms with Crippen LogP contribution in [0.1, 0.15) is 29.4 Å². The zero-order valence-electron chi connectivity index (χ0n) is 22.0. The van der Waals surface area contributed by atoms with Gasteiger partial charge in [0.1, 0.15) is 36.3 Å². The highest BCUT2D eigenvalue weighted by molar-refractivity contribution is 8.07. The van der Waals surface area contributed by atoms with Crippen molar-refractivity contribution >= 4 is 63.6 Å². The van der Waals surface area contributed by atoms with Gasteiger partial charge < -0.3 is 24.6 Å². The van der Waals surface area contributed by atoms with Gasteiger partial charge in [-0.1, -0.05) is 0 Å². The van der Waals surface area contributed by atoms with Crippen LogP contribution >= 0.6 is 6.72 Å². The Hall–Kier alpha value is -2.92. The van der Waals surface area contributed by atoms with Crippen molar-refractivity contribution in [3.63, 3.8) is 0 Å². The molecule has 236 valence electrons. The molecule has 0 amide bonds. The average molecular weight is 678 g/mol. The maximum atomic E-state index is 15.9. The van der Waals surface area contributed by atoms with Gasteiger partial charge in [-0.25, -0.2) is 37.9 Å². The normalized spacial score (nSPS) is 37.2. The highest BCUT2D eigenvalue weighted by Gasteiger charge is 2.53. The second-order valence-electron chi connectivity index (χ2n) is 10.1. The fourth-order valence-corrected chi connectivity index (χ4v) is 7.72. The van der Waals surface area contributed by atoms with Gasteiger partial charge >= 0.3 is 17.0 Å². The second-order valence-corrected chi connectivity index (χ2v) is 14.2. The van der Waals surface area contributed by atoms with Crippen molar-refractivity contribution in [3.8, 4) is 0 Å². The zero-order chi connectivity index (χ0) is 31.0. The van der Waals surface area contributed by atoms with E-state index < -0.39 is 79.4 Å². The molecule has 4 aliphatic rings. The summed E-state index contributed by atoms with van der Waals surface area (Å²) in [5.74, 6) is -0.306. The molecule has 23 heteroatoms. The number of Topliss-reactive ketones (excluding diaryl/α,β-unsaturated/α-hetero) is 1. The molecule has 4 N–H and O–H groups in total. The van der Waals surface area contributed by atoms with Crippen LogP contribution in [-0.2, 0) is 44.8 Å². The minimum Gasteiger partial charge on any atom is -0.382 e. The van der Waals surface area contributed by atoms with E-state index in [2.05, 4.69) is 29.7 Å². The third-order valence-electron chi connectivity index (χ3n) is 7.35. The minimum absolute atomic E-state index is 0.00913. The molecule has 1 unspecified atom stereocenters. The summed E-state index contributed by atoms with van der Waals surface area (Å²) in [5, 5.41) is 0. The lowest BCUT2D eigenvalue weighted by Crippen LogP contribution is -2.45. The van der Waals surface area contributed by atoms with E-state index >= 15 is 8.78 Å². The first-order chi connectivity index (χ1) is 20.9. The number of carbonyl (C=O) groups excluding carboxylic acids is 1. The van der Waals surface area contributed by atoms with Gasteiger partial charge in [0.15, 0.2) is 53.6 Å². The van der Waals surface area contributed by atoms with Gasteiger partial charge in [0, 0.05) is 19.2 Å². The number of aliphatic imine (C=N–C) groups is 1. The molecule has 3 saturated heterocycles. The van der Waals surface area contributed by atoms with Crippen molar-refractivity contribution < 1.29 is 49.6 Å². The van der Waals surface area contributed by atoms with Crippen molar-refractivity contribution in [2.75, 3.05) is 18.9 Å². The van der Waals surface area contributed by atoms with E-state index in [4.69, 9.17) is 40.2 Å². The molecule has 4 aliphatic heterocycles. The fourth-order valence-electron chi connectivity index (χ4n) is 5.32. The smallest absolute Gasteiger partial charge is 0.336 e. The first-order valence-corrected chi connectivity index (χ1v) is 16.9. The number of nitrogen functional groups attached to an aromatic ring is 1. The summed E-state index contributed by atoms with van der Waals surface area (Å²) in [7, 11) is -4.74. The van der Waals surface area contributed by atoms with Gasteiger partial charge in [-0.2, -0.15) is 13.1 Å². The maximum absolute atomic E-state index is 15.9. The molecular formula is C21H22F2N9O9PS2. The summed E-state index contributed by atoms with van der Waals surface area (Å²) in [6.45, 7) is -5.66. The number of nitrogens with one attached hydrogen (secondary N) is 1. The Morgan fingerprint density at radius 1 is 1.07 bits per heavy atom. The number of anilines is 1. The fraction of sp³-hybridized carbons (Fsp3) is 0.524. The summed E-state index contributed by atoms with van der Waals surface area (Å²) in [5.41, 5.74) is 6.09. The maximum Gasteiger partial charge on any atom is 0.336 e. The second kappa shape index (κ2) is 10.9. The van der Waals surface area contributed by atoms with E-state index in [9.17, 15) is 18.1 Å². The molecule has 0 saturated carbocycles. The SMILES string of the molecule is Nc1ncnc2c1ncn2[C@@H]1O[C@@H]2CNS(=O)(=O)O[C@H]3[C@@H](F)[C@H](n4cnc5c4N=CCC5=O)O[C@@H]3COP(O)(=S)O[C@H]2[C@H]1F. The third-order valence-corrected chi connectivity index (χ3v) is 9.90. The van der Waals surface area contributed by atoms with Crippen molar-refractivity contribution in [2.24, 2.45) is 4.99 Å². The number of ether oxygens (including phenoxy) is 2. The van der Waals surface area contributed by atoms with Gasteiger partial charge in [0.25, 0.3) is 0 Å². The predicted molar refractivity (Wildman–Crippen MR) is 146 cm³/mol. The summed E-state index contributed by atoms with van der Waals surface area (Å²) in [4.78, 5) is 43.1. The van der Waals surface area contributed by atoms with Crippen molar-refractivity contribution in [3.05, 3.63) is 24.7 Å². The van der Waals surface area contributed by atoms with Gasteiger partial charge in [-0.15, -0.1) is 0 Å². The monoisotopic (exact) mass is 677 g/mol. The quantitative estimate of drug-likeness (QED) is 0.301. The number of imidazole rings is 2. The number of nitrogens with two attached hydrogens (primary N) is 1. The highest BCUT2D eigenvalue weighted by atomic mass is 32.5. The molecule has 0 spiro atoms. The Balaban J connectivity index is 1.16. The van der Waals surface area contributed by atoms with E-state index in [1.807, 2.05) is 0 Å². The molecule has 0 aromatic carbocycles. The van der Waals surface area contributed by atoms with E-state index in [1.165, 1.54) is 17.1 Å². The lowest BCUT2D eigenvalue weighted by Gasteiger charge is -2.27. The molecular weight excluding hydrogens is 655 g/mol. The number of hydrogen-bond donors (Lipinski definition) is 3. The number of carbonyl (C=O) groups is 1. The number of ketones is 1. The van der Waals surface area contributed by atoms with E-state index in [0.29, 0.717) is 0 Å². The van der Waals surface area contributed by atoms with Crippen LogP contribution in [-0.4, -0.2) is 104 Å². The molecule has 18 nitrogen and oxygen atoms in total. The number of rotatable bonds is 2. The summed E-state index contributed by atoms with van der Waals surface area (Å²) in [6, 6.07) is 0. The van der Waals surface area contributed by atoms with Crippen LogP contribution in [0.4, 0.5) is 20.4 Å². The molecule has 3 aromatic rings. The number of aromatic nitrogens is 6. The number of hydrogen-bond acceptors (Lipinski definition) is 15. The van der Waals surface area contributed by atoms with Crippen LogP contribution in [0.15, 0.2) is 24.0 Å². The Bertz CT molecular complexity index is 1830. The molecule has 0 bridgehead atoms. The Labute approximate surface area is 251 Å². The summed E-state index contributed by atoms with van der Waals surface area (Å²) < 4.78 is 89.7. The van der Waals surface area contributed by atoms with Gasteiger partial charge in [-0.3, -0.25) is 18.5 Å². The molecule has 0 radical (unpaired) electrons. The molecule has 44 heavy (non-hydrogen) atoms. The number of fused-ring (bicyclic) bond motifs is 4. The molecule has 3 fully saturated rings. The van der Waals surface area contributed by atoms with Gasteiger partial charge in [0.05, 0.1) is 19.3 Å². The van der Waals surface area contributed by atoms with E-state index in [1.54, 1.807) is 0 Å². The molecule has 9 atom stereocenters. The van der Waals surface area contributed by atoms with E-state index in [-0.39, 0.29) is 40.7 Å². The topological polar surface area (TPSA) is 229 Å². The standard InChI is InChI=1S/C21H22F2N9O9PS2/c22-11-15-9(38-20(11)32-7-29-14-17(24)26-5-27-19(14)32)3-30-44(35,36)41-16-10(4-37-42(34,43)40-15)39-21(12(16)23)31-6-28-13-8(33)1-2-25-18(13)31/h2,5-7,9-12,15-16,20-21,30H,1,3-4H2,(H,34,43)(H2,24,26,27)/t9-,10-,11-,12-,15-,16-,20-,21-,42?/m1/s1. The Morgan fingerprint density at radius 2 is 1.80 bits per heavy atom. The third kappa shape index (κ3) is 5.13. The molecule has 7 rings (SSSR count). The van der Waals surface area contributed by atoms with E-state index in [0.717, 1.165) is 17.2 Å².